The van der Waals surface area contributed by atoms with Crippen LogP contribution in [0.1, 0.15) is 12.6 Å². The molecule has 7 heteroatoms. The Hall–Kier alpha value is -2.18. The molecule has 0 aliphatic heterocycles. The average molecular weight is 253 g/mol. The fourth-order valence-corrected chi connectivity index (χ4v) is 1.43. The molecule has 0 aliphatic rings. The number of esters is 1. The maximum atomic E-state index is 11.3. The number of nitro groups is 1. The molecule has 0 saturated carbocycles. The van der Waals surface area contributed by atoms with Gasteiger partial charge in [-0.1, -0.05) is 0 Å². The third-order valence-corrected chi connectivity index (χ3v) is 2.30. The smallest absolute Gasteiger partial charge is 0.325 e. The lowest BCUT2D eigenvalue weighted by atomic mass is 10.3. The predicted octanol–water partition coefficient (Wildman–Crippen LogP) is 1.30. The Morgan fingerprint density at radius 1 is 1.56 bits per heavy atom. The van der Waals surface area contributed by atoms with E-state index in [0.717, 1.165) is 0 Å². The number of aryl methyl sites for hydroxylation is 1. The fraction of sp³-hybridized carbons (Fsp3) is 0.455. The number of hydrogen-bond acceptors (Lipinski definition) is 6. The lowest BCUT2D eigenvalue weighted by molar-refractivity contribution is -0.385. The molecule has 0 amide bonds. The van der Waals surface area contributed by atoms with Crippen LogP contribution in [0.15, 0.2) is 12.1 Å². The fourth-order valence-electron chi connectivity index (χ4n) is 1.43. The van der Waals surface area contributed by atoms with Crippen molar-refractivity contribution >= 4 is 17.5 Å². The molecule has 0 unspecified atom stereocenters. The van der Waals surface area contributed by atoms with Crippen LogP contribution in [-0.4, -0.2) is 36.1 Å². The molecule has 0 spiro atoms. The number of hydrogen-bond donors (Lipinski definition) is 0. The van der Waals surface area contributed by atoms with Gasteiger partial charge in [-0.05, 0) is 19.9 Å². The van der Waals surface area contributed by atoms with E-state index < -0.39 is 4.92 Å². The van der Waals surface area contributed by atoms with E-state index in [0.29, 0.717) is 18.1 Å². The minimum Gasteiger partial charge on any atom is -0.465 e. The zero-order chi connectivity index (χ0) is 13.7. The van der Waals surface area contributed by atoms with E-state index in [1.165, 1.54) is 12.1 Å². The van der Waals surface area contributed by atoms with Crippen molar-refractivity contribution in [3.63, 3.8) is 0 Å². The van der Waals surface area contributed by atoms with Gasteiger partial charge >= 0.3 is 5.97 Å². The molecular formula is C11H15N3O4. The van der Waals surface area contributed by atoms with Crippen LogP contribution in [0.5, 0.6) is 0 Å². The first-order valence-corrected chi connectivity index (χ1v) is 5.44. The van der Waals surface area contributed by atoms with E-state index in [9.17, 15) is 14.9 Å². The number of carbonyl (C=O) groups is 1. The first kappa shape index (κ1) is 13.9. The highest BCUT2D eigenvalue weighted by Gasteiger charge is 2.15. The molecule has 0 atom stereocenters. The monoisotopic (exact) mass is 253 g/mol. The molecule has 1 heterocycles. The summed E-state index contributed by atoms with van der Waals surface area (Å²) < 4.78 is 4.81. The Labute approximate surface area is 105 Å². The number of aromatic nitrogens is 1. The first-order valence-electron chi connectivity index (χ1n) is 5.44. The van der Waals surface area contributed by atoms with Crippen molar-refractivity contribution in [3.05, 3.63) is 27.9 Å². The van der Waals surface area contributed by atoms with Gasteiger partial charge < -0.3 is 9.64 Å². The Balaban J connectivity index is 2.81. The quantitative estimate of drug-likeness (QED) is 0.446. The Bertz CT molecular complexity index is 462. The summed E-state index contributed by atoms with van der Waals surface area (Å²) in [5, 5.41) is 10.6. The second kappa shape index (κ2) is 5.95. The number of anilines is 1. The summed E-state index contributed by atoms with van der Waals surface area (Å²) in [5.41, 5.74) is 0.275. The van der Waals surface area contributed by atoms with E-state index >= 15 is 0 Å². The van der Waals surface area contributed by atoms with Crippen molar-refractivity contribution in [1.82, 2.24) is 4.98 Å². The molecule has 18 heavy (non-hydrogen) atoms. The van der Waals surface area contributed by atoms with Gasteiger partial charge in [-0.2, -0.15) is 0 Å². The summed E-state index contributed by atoms with van der Waals surface area (Å²) >= 11 is 0. The number of pyridine rings is 1. The highest BCUT2D eigenvalue weighted by Crippen LogP contribution is 2.19. The average Bonchev–Trinajstić information content (AvgIpc) is 2.28. The molecule has 1 rings (SSSR count). The Morgan fingerprint density at radius 3 is 2.72 bits per heavy atom. The Kier molecular flexibility index (Phi) is 4.59. The molecule has 0 saturated heterocycles. The van der Waals surface area contributed by atoms with Crippen LogP contribution in [0.4, 0.5) is 11.5 Å². The molecule has 0 aromatic carbocycles. The predicted molar refractivity (Wildman–Crippen MR) is 65.5 cm³/mol. The van der Waals surface area contributed by atoms with Crippen molar-refractivity contribution in [2.75, 3.05) is 25.1 Å². The number of ether oxygens (including phenoxy) is 1. The molecule has 1 aromatic heterocycles. The van der Waals surface area contributed by atoms with Crippen LogP contribution in [0.25, 0.3) is 0 Å². The third kappa shape index (κ3) is 3.41. The minimum atomic E-state index is -0.489. The number of nitrogens with zero attached hydrogens (tertiary/aromatic N) is 3. The van der Waals surface area contributed by atoms with Gasteiger partial charge in [0.15, 0.2) is 0 Å². The van der Waals surface area contributed by atoms with Crippen LogP contribution in [-0.2, 0) is 9.53 Å². The van der Waals surface area contributed by atoms with Gasteiger partial charge in [-0.3, -0.25) is 14.9 Å². The zero-order valence-corrected chi connectivity index (χ0v) is 10.5. The number of rotatable bonds is 5. The van der Waals surface area contributed by atoms with Gasteiger partial charge in [0.25, 0.3) is 5.69 Å². The van der Waals surface area contributed by atoms with Crippen LogP contribution in [0, 0.1) is 17.0 Å². The summed E-state index contributed by atoms with van der Waals surface area (Å²) in [7, 11) is 1.67. The van der Waals surface area contributed by atoms with Crippen LogP contribution in [0.2, 0.25) is 0 Å². The molecular weight excluding hydrogens is 238 g/mol. The van der Waals surface area contributed by atoms with Gasteiger partial charge in [0.05, 0.1) is 11.5 Å². The summed E-state index contributed by atoms with van der Waals surface area (Å²) in [6.07, 6.45) is 0. The van der Waals surface area contributed by atoms with Crippen molar-refractivity contribution in [1.29, 1.82) is 0 Å². The van der Waals surface area contributed by atoms with Gasteiger partial charge in [-0.25, -0.2) is 4.98 Å². The molecule has 0 N–H and O–H groups in total. The van der Waals surface area contributed by atoms with Crippen molar-refractivity contribution in [2.45, 2.75) is 13.8 Å². The van der Waals surface area contributed by atoms with Gasteiger partial charge in [0, 0.05) is 13.1 Å². The normalized spacial score (nSPS) is 9.94. The summed E-state index contributed by atoms with van der Waals surface area (Å²) in [6.45, 7) is 3.66. The lowest BCUT2D eigenvalue weighted by Gasteiger charge is -2.17. The van der Waals surface area contributed by atoms with Crippen LogP contribution in [0.3, 0.4) is 0 Å². The van der Waals surface area contributed by atoms with E-state index in [1.807, 2.05) is 0 Å². The van der Waals surface area contributed by atoms with Gasteiger partial charge in [-0.15, -0.1) is 0 Å². The molecule has 98 valence electrons. The SMILES string of the molecule is CCOC(=O)CN(C)c1ccc([N+](=O)[O-])c(C)n1. The topological polar surface area (TPSA) is 85.6 Å². The van der Waals surface area contributed by atoms with Crippen molar-refractivity contribution in [2.24, 2.45) is 0 Å². The maximum Gasteiger partial charge on any atom is 0.325 e. The Morgan fingerprint density at radius 2 is 2.22 bits per heavy atom. The second-order valence-corrected chi connectivity index (χ2v) is 3.69. The first-order chi connectivity index (χ1) is 8.45. The molecule has 7 nitrogen and oxygen atoms in total. The number of carbonyl (C=O) groups excluding carboxylic acids is 1. The molecule has 0 fully saturated rings. The van der Waals surface area contributed by atoms with E-state index in [1.54, 1.807) is 25.8 Å². The number of likely N-dealkylation sites (N-methyl/N-ethyl adjacent to an activating group) is 1. The standard InChI is InChI=1S/C11H15N3O4/c1-4-18-11(15)7-13(3)10-6-5-9(14(16)17)8(2)12-10/h5-6H,4,7H2,1-3H3. The van der Waals surface area contributed by atoms with Gasteiger partial charge in [0.1, 0.15) is 18.1 Å². The summed E-state index contributed by atoms with van der Waals surface area (Å²) in [6, 6.07) is 2.88. The largest absolute Gasteiger partial charge is 0.465 e. The molecule has 0 radical (unpaired) electrons. The lowest BCUT2D eigenvalue weighted by Crippen LogP contribution is -2.27. The van der Waals surface area contributed by atoms with Gasteiger partial charge in [0.2, 0.25) is 0 Å². The van der Waals surface area contributed by atoms with E-state index in [2.05, 4.69) is 4.98 Å². The van der Waals surface area contributed by atoms with Crippen molar-refractivity contribution < 1.29 is 14.5 Å². The highest BCUT2D eigenvalue weighted by atomic mass is 16.6. The van der Waals surface area contributed by atoms with E-state index in [4.69, 9.17) is 4.74 Å². The molecule has 1 aromatic rings. The summed E-state index contributed by atoms with van der Waals surface area (Å²) in [5.74, 6) is 0.129. The van der Waals surface area contributed by atoms with Crippen LogP contribution >= 0.6 is 0 Å². The summed E-state index contributed by atoms with van der Waals surface area (Å²) in [4.78, 5) is 27.1. The van der Waals surface area contributed by atoms with Crippen LogP contribution < -0.4 is 4.90 Å². The second-order valence-electron chi connectivity index (χ2n) is 3.69. The molecule has 0 bridgehead atoms. The minimum absolute atomic E-state index is 0.0386. The maximum absolute atomic E-state index is 11.3. The van der Waals surface area contributed by atoms with Crippen molar-refractivity contribution in [3.8, 4) is 0 Å². The third-order valence-electron chi connectivity index (χ3n) is 2.30. The zero-order valence-electron chi connectivity index (χ0n) is 10.5. The van der Waals surface area contributed by atoms with E-state index in [-0.39, 0.29) is 18.2 Å². The molecule has 0 aliphatic carbocycles. The highest BCUT2D eigenvalue weighted by molar-refractivity contribution is 5.75.